The summed E-state index contributed by atoms with van der Waals surface area (Å²) in [5.41, 5.74) is 0. The van der Waals surface area contributed by atoms with Gasteiger partial charge in [-0.05, 0) is 12.8 Å². The van der Waals surface area contributed by atoms with Crippen molar-refractivity contribution in [3.05, 3.63) is 0 Å². The highest BCUT2D eigenvalue weighted by Gasteiger charge is 2.07. The number of methoxy groups -OCH3 is 1. The van der Waals surface area contributed by atoms with E-state index >= 15 is 0 Å². The molecule has 0 heterocycles. The molecule has 0 aromatic heterocycles. The van der Waals surface area contributed by atoms with Crippen molar-refractivity contribution in [1.29, 1.82) is 0 Å². The molecule has 0 N–H and O–H groups in total. The van der Waals surface area contributed by atoms with Crippen LogP contribution in [0.1, 0.15) is 46.0 Å². The summed E-state index contributed by atoms with van der Waals surface area (Å²) in [5, 5.41) is 0. The quantitative estimate of drug-likeness (QED) is 0.518. The summed E-state index contributed by atoms with van der Waals surface area (Å²) in [6.45, 7) is 6.01. The van der Waals surface area contributed by atoms with Crippen molar-refractivity contribution in [3.8, 4) is 0 Å². The number of unbranched alkanes of at least 4 members (excludes halogenated alkanes) is 2. The largest absolute Gasteiger partial charge is 0.382 e. The fourth-order valence-electron chi connectivity index (χ4n) is 1.23. The zero-order valence-electron chi connectivity index (χ0n) is 9.34. The number of ether oxygens (including phenoxy) is 2. The molecule has 0 saturated carbocycles. The van der Waals surface area contributed by atoms with Gasteiger partial charge in [0.15, 0.2) is 0 Å². The lowest BCUT2D eigenvalue weighted by Gasteiger charge is -2.16. The van der Waals surface area contributed by atoms with Gasteiger partial charge in [0.05, 0.1) is 12.7 Å². The number of rotatable bonds is 9. The van der Waals surface area contributed by atoms with Crippen molar-refractivity contribution in [3.63, 3.8) is 0 Å². The fraction of sp³-hybridized carbons (Fsp3) is 1.00. The molecule has 1 unspecified atom stereocenters. The summed E-state index contributed by atoms with van der Waals surface area (Å²) in [5.74, 6) is 0. The van der Waals surface area contributed by atoms with Crippen molar-refractivity contribution >= 4 is 0 Å². The number of hydrogen-bond donors (Lipinski definition) is 0. The van der Waals surface area contributed by atoms with Gasteiger partial charge in [-0.3, -0.25) is 0 Å². The van der Waals surface area contributed by atoms with Crippen LogP contribution >= 0.6 is 0 Å². The molecule has 0 amide bonds. The summed E-state index contributed by atoms with van der Waals surface area (Å²) in [4.78, 5) is 0. The Labute approximate surface area is 82.6 Å². The van der Waals surface area contributed by atoms with Crippen molar-refractivity contribution in [1.82, 2.24) is 0 Å². The minimum Gasteiger partial charge on any atom is -0.382 e. The predicted molar refractivity (Wildman–Crippen MR) is 56.0 cm³/mol. The molecular weight excluding hydrogens is 164 g/mol. The van der Waals surface area contributed by atoms with E-state index in [1.54, 1.807) is 7.11 Å². The van der Waals surface area contributed by atoms with Gasteiger partial charge < -0.3 is 9.47 Å². The maximum absolute atomic E-state index is 5.70. The van der Waals surface area contributed by atoms with E-state index in [-0.39, 0.29) is 0 Å². The first-order chi connectivity index (χ1) is 6.35. The Hall–Kier alpha value is -0.0800. The van der Waals surface area contributed by atoms with E-state index in [0.717, 1.165) is 26.1 Å². The summed E-state index contributed by atoms with van der Waals surface area (Å²) < 4.78 is 10.8. The smallest absolute Gasteiger partial charge is 0.0808 e. The Morgan fingerprint density at radius 1 is 1.08 bits per heavy atom. The molecule has 0 saturated heterocycles. The SMILES string of the molecule is CCCCOC(CCCC)COC. The zero-order chi connectivity index (χ0) is 9.94. The Kier molecular flexibility index (Phi) is 9.94. The van der Waals surface area contributed by atoms with E-state index in [1.807, 2.05) is 0 Å². The van der Waals surface area contributed by atoms with Crippen LogP contribution in [0.25, 0.3) is 0 Å². The van der Waals surface area contributed by atoms with Crippen LogP contribution < -0.4 is 0 Å². The second kappa shape index (κ2) is 10.0. The Morgan fingerprint density at radius 3 is 2.31 bits per heavy atom. The standard InChI is InChI=1S/C11H24O2/c1-4-6-8-11(10-12-3)13-9-7-5-2/h11H,4-10H2,1-3H3. The van der Waals surface area contributed by atoms with E-state index in [4.69, 9.17) is 9.47 Å². The average Bonchev–Trinajstić information content (AvgIpc) is 2.14. The first kappa shape index (κ1) is 12.9. The molecule has 0 aromatic rings. The minimum absolute atomic E-state index is 0.316. The molecule has 1 atom stereocenters. The lowest BCUT2D eigenvalue weighted by molar-refractivity contribution is -0.00828. The highest BCUT2D eigenvalue weighted by Crippen LogP contribution is 2.06. The van der Waals surface area contributed by atoms with Gasteiger partial charge in [0.2, 0.25) is 0 Å². The lowest BCUT2D eigenvalue weighted by Crippen LogP contribution is -2.19. The third-order valence-electron chi connectivity index (χ3n) is 2.08. The highest BCUT2D eigenvalue weighted by atomic mass is 16.5. The van der Waals surface area contributed by atoms with Crippen LogP contribution in [-0.4, -0.2) is 26.4 Å². The van der Waals surface area contributed by atoms with Gasteiger partial charge in [-0.15, -0.1) is 0 Å². The van der Waals surface area contributed by atoms with Crippen molar-refractivity contribution in [2.24, 2.45) is 0 Å². The monoisotopic (exact) mass is 188 g/mol. The van der Waals surface area contributed by atoms with Crippen LogP contribution in [0.3, 0.4) is 0 Å². The van der Waals surface area contributed by atoms with E-state index in [0.29, 0.717) is 6.10 Å². The second-order valence-electron chi connectivity index (χ2n) is 3.44. The Morgan fingerprint density at radius 2 is 1.77 bits per heavy atom. The summed E-state index contributed by atoms with van der Waals surface area (Å²) in [7, 11) is 1.74. The first-order valence-electron chi connectivity index (χ1n) is 5.45. The predicted octanol–water partition coefficient (Wildman–Crippen LogP) is 3.01. The van der Waals surface area contributed by atoms with Crippen LogP contribution in [0.4, 0.5) is 0 Å². The molecule has 13 heavy (non-hydrogen) atoms. The van der Waals surface area contributed by atoms with Crippen LogP contribution in [-0.2, 0) is 9.47 Å². The first-order valence-corrected chi connectivity index (χ1v) is 5.45. The topological polar surface area (TPSA) is 18.5 Å². The van der Waals surface area contributed by atoms with Gasteiger partial charge >= 0.3 is 0 Å². The summed E-state index contributed by atoms with van der Waals surface area (Å²) in [6.07, 6.45) is 6.28. The van der Waals surface area contributed by atoms with Gasteiger partial charge in [0.25, 0.3) is 0 Å². The fourth-order valence-corrected chi connectivity index (χ4v) is 1.23. The van der Waals surface area contributed by atoms with Gasteiger partial charge in [0.1, 0.15) is 0 Å². The van der Waals surface area contributed by atoms with Crippen molar-refractivity contribution in [2.45, 2.75) is 52.1 Å². The van der Waals surface area contributed by atoms with Crippen LogP contribution in [0, 0.1) is 0 Å². The third-order valence-corrected chi connectivity index (χ3v) is 2.08. The Bertz CT molecular complexity index is 94.1. The molecule has 0 radical (unpaired) electrons. The normalized spacial score (nSPS) is 13.2. The molecule has 2 heteroatoms. The molecule has 0 bridgehead atoms. The highest BCUT2D eigenvalue weighted by molar-refractivity contribution is 4.56. The number of hydrogen-bond acceptors (Lipinski definition) is 2. The maximum atomic E-state index is 5.70. The molecular formula is C11H24O2. The minimum atomic E-state index is 0.316. The summed E-state index contributed by atoms with van der Waals surface area (Å²) >= 11 is 0. The van der Waals surface area contributed by atoms with Crippen molar-refractivity contribution < 1.29 is 9.47 Å². The van der Waals surface area contributed by atoms with Crippen LogP contribution in [0.15, 0.2) is 0 Å². The maximum Gasteiger partial charge on any atom is 0.0808 e. The molecule has 0 aliphatic rings. The van der Waals surface area contributed by atoms with Gasteiger partial charge in [-0.2, -0.15) is 0 Å². The molecule has 80 valence electrons. The molecule has 0 aromatic carbocycles. The van der Waals surface area contributed by atoms with Gasteiger partial charge in [-0.25, -0.2) is 0 Å². The molecule has 0 fully saturated rings. The van der Waals surface area contributed by atoms with E-state index in [2.05, 4.69) is 13.8 Å². The average molecular weight is 188 g/mol. The lowest BCUT2D eigenvalue weighted by atomic mass is 10.2. The van der Waals surface area contributed by atoms with E-state index in [9.17, 15) is 0 Å². The summed E-state index contributed by atoms with van der Waals surface area (Å²) in [6, 6.07) is 0. The zero-order valence-corrected chi connectivity index (χ0v) is 9.34. The second-order valence-corrected chi connectivity index (χ2v) is 3.44. The van der Waals surface area contributed by atoms with Crippen molar-refractivity contribution in [2.75, 3.05) is 20.3 Å². The Balaban J connectivity index is 3.41. The molecule has 0 spiro atoms. The molecule has 0 rings (SSSR count). The van der Waals surface area contributed by atoms with Gasteiger partial charge in [-0.1, -0.05) is 33.1 Å². The van der Waals surface area contributed by atoms with E-state index < -0.39 is 0 Å². The molecule has 0 aliphatic carbocycles. The van der Waals surface area contributed by atoms with Crippen LogP contribution in [0.2, 0.25) is 0 Å². The molecule has 0 aliphatic heterocycles. The van der Waals surface area contributed by atoms with Crippen LogP contribution in [0.5, 0.6) is 0 Å². The van der Waals surface area contributed by atoms with E-state index in [1.165, 1.54) is 19.3 Å². The third kappa shape index (κ3) is 8.26. The molecule has 2 nitrogen and oxygen atoms in total. The van der Waals surface area contributed by atoms with Gasteiger partial charge in [0, 0.05) is 13.7 Å².